The molecule has 0 aliphatic carbocycles. The van der Waals surface area contributed by atoms with Crippen molar-refractivity contribution < 1.29 is 9.59 Å². The second-order valence-corrected chi connectivity index (χ2v) is 7.92. The smallest absolute Gasteiger partial charge is 0.252 e. The quantitative estimate of drug-likeness (QED) is 0.574. The molecule has 8 nitrogen and oxygen atoms in total. The van der Waals surface area contributed by atoms with Gasteiger partial charge < -0.3 is 15.2 Å². The molecule has 0 spiro atoms. The van der Waals surface area contributed by atoms with Gasteiger partial charge in [0.05, 0.1) is 11.8 Å². The average molecular weight is 417 g/mol. The maximum Gasteiger partial charge on any atom is 0.252 e. The first kappa shape index (κ1) is 20.0. The average Bonchev–Trinajstić information content (AvgIpc) is 3.30. The van der Waals surface area contributed by atoms with E-state index in [0.717, 1.165) is 5.56 Å². The van der Waals surface area contributed by atoms with Crippen molar-refractivity contribution in [3.63, 3.8) is 0 Å². The summed E-state index contributed by atoms with van der Waals surface area (Å²) in [6.45, 7) is 3.75. The van der Waals surface area contributed by atoms with Crippen LogP contribution in [-0.4, -0.2) is 37.3 Å². The molecule has 0 radical (unpaired) electrons. The molecule has 2 heterocycles. The molecular formula is C18H20N6O2S2. The van der Waals surface area contributed by atoms with Gasteiger partial charge in [-0.3, -0.25) is 9.59 Å². The molecule has 1 atom stereocenters. The molecular weight excluding hydrogens is 396 g/mol. The van der Waals surface area contributed by atoms with E-state index in [9.17, 15) is 9.59 Å². The highest BCUT2D eigenvalue weighted by Gasteiger charge is 2.19. The Morgan fingerprint density at radius 3 is 2.79 bits per heavy atom. The zero-order chi connectivity index (χ0) is 20.1. The van der Waals surface area contributed by atoms with Crippen LogP contribution in [0, 0.1) is 6.92 Å². The van der Waals surface area contributed by atoms with Crippen molar-refractivity contribution in [1.82, 2.24) is 25.1 Å². The fourth-order valence-electron chi connectivity index (χ4n) is 2.57. The topological polar surface area (TPSA) is 102 Å². The standard InChI is InChI=1S/C18H20N6O2S2/c1-11-6-4-5-7-13(11)16(26)20-12(2)15-22-23-18(24(15)3)28-10-14(25)21-17-19-8-9-27-17/h4-9,12H,10H2,1-3H3,(H,20,26)(H,19,21,25)/t12-/m1/s1. The van der Waals surface area contributed by atoms with Crippen LogP contribution in [0.15, 0.2) is 41.0 Å². The first-order valence-electron chi connectivity index (χ1n) is 8.53. The van der Waals surface area contributed by atoms with Gasteiger partial charge in [0.25, 0.3) is 5.91 Å². The van der Waals surface area contributed by atoms with Crippen molar-refractivity contribution in [3.05, 3.63) is 52.8 Å². The first-order chi connectivity index (χ1) is 13.5. The number of benzene rings is 1. The van der Waals surface area contributed by atoms with Gasteiger partial charge >= 0.3 is 0 Å². The van der Waals surface area contributed by atoms with E-state index in [1.165, 1.54) is 23.1 Å². The number of thioether (sulfide) groups is 1. The van der Waals surface area contributed by atoms with Crippen molar-refractivity contribution in [2.75, 3.05) is 11.1 Å². The van der Waals surface area contributed by atoms with Gasteiger partial charge in [-0.2, -0.15) is 0 Å². The molecule has 0 fully saturated rings. The van der Waals surface area contributed by atoms with Gasteiger partial charge in [-0.1, -0.05) is 30.0 Å². The van der Waals surface area contributed by atoms with E-state index in [0.29, 0.717) is 21.7 Å². The molecule has 28 heavy (non-hydrogen) atoms. The van der Waals surface area contributed by atoms with Crippen LogP contribution < -0.4 is 10.6 Å². The van der Waals surface area contributed by atoms with Crippen molar-refractivity contribution in [3.8, 4) is 0 Å². The summed E-state index contributed by atoms with van der Waals surface area (Å²) in [5.74, 6) is 0.482. The number of hydrogen-bond acceptors (Lipinski definition) is 7. The highest BCUT2D eigenvalue weighted by atomic mass is 32.2. The van der Waals surface area contributed by atoms with Crippen LogP contribution in [0.5, 0.6) is 0 Å². The molecule has 2 aromatic heterocycles. The molecule has 0 aliphatic heterocycles. The summed E-state index contributed by atoms with van der Waals surface area (Å²) >= 11 is 2.64. The van der Waals surface area contributed by atoms with Crippen molar-refractivity contribution >= 4 is 40.0 Å². The lowest BCUT2D eigenvalue weighted by Crippen LogP contribution is -2.29. The van der Waals surface area contributed by atoms with E-state index < -0.39 is 0 Å². The summed E-state index contributed by atoms with van der Waals surface area (Å²) in [7, 11) is 1.81. The Morgan fingerprint density at radius 2 is 2.07 bits per heavy atom. The monoisotopic (exact) mass is 416 g/mol. The largest absolute Gasteiger partial charge is 0.342 e. The molecule has 146 valence electrons. The second-order valence-electron chi connectivity index (χ2n) is 6.08. The number of nitrogens with zero attached hydrogens (tertiary/aromatic N) is 4. The number of nitrogens with one attached hydrogen (secondary N) is 2. The van der Waals surface area contributed by atoms with Crippen LogP contribution in [0.4, 0.5) is 5.13 Å². The molecule has 2 N–H and O–H groups in total. The van der Waals surface area contributed by atoms with E-state index in [1.54, 1.807) is 22.2 Å². The molecule has 3 rings (SSSR count). The Hall–Kier alpha value is -2.72. The summed E-state index contributed by atoms with van der Waals surface area (Å²) in [5.41, 5.74) is 1.54. The van der Waals surface area contributed by atoms with E-state index in [1.807, 2.05) is 39.1 Å². The summed E-state index contributed by atoms with van der Waals surface area (Å²) in [5, 5.41) is 16.9. The molecule has 0 aliphatic rings. The van der Waals surface area contributed by atoms with Gasteiger partial charge in [0.2, 0.25) is 5.91 Å². The lowest BCUT2D eigenvalue weighted by molar-refractivity contribution is -0.113. The Balaban J connectivity index is 1.59. The molecule has 1 aromatic carbocycles. The Bertz CT molecular complexity index is 970. The zero-order valence-corrected chi connectivity index (χ0v) is 17.3. The van der Waals surface area contributed by atoms with E-state index >= 15 is 0 Å². The van der Waals surface area contributed by atoms with Crippen LogP contribution in [0.3, 0.4) is 0 Å². The maximum atomic E-state index is 12.5. The summed E-state index contributed by atoms with van der Waals surface area (Å²) in [6.07, 6.45) is 1.63. The number of hydrogen-bond donors (Lipinski definition) is 2. The van der Waals surface area contributed by atoms with Crippen LogP contribution in [0.25, 0.3) is 0 Å². The van der Waals surface area contributed by atoms with Crippen LogP contribution in [-0.2, 0) is 11.8 Å². The van der Waals surface area contributed by atoms with Crippen molar-refractivity contribution in [1.29, 1.82) is 0 Å². The van der Waals surface area contributed by atoms with Gasteiger partial charge in [0.1, 0.15) is 0 Å². The van der Waals surface area contributed by atoms with Crippen molar-refractivity contribution in [2.24, 2.45) is 7.05 Å². The SMILES string of the molecule is Cc1ccccc1C(=O)N[C@H](C)c1nnc(SCC(=O)Nc2nccs2)n1C. The lowest BCUT2D eigenvalue weighted by atomic mass is 10.1. The Kier molecular flexibility index (Phi) is 6.42. The lowest BCUT2D eigenvalue weighted by Gasteiger charge is -2.14. The minimum Gasteiger partial charge on any atom is -0.342 e. The van der Waals surface area contributed by atoms with E-state index in [4.69, 9.17) is 0 Å². The molecule has 0 unspecified atom stereocenters. The maximum absolute atomic E-state index is 12.5. The third kappa shape index (κ3) is 4.76. The normalized spacial score (nSPS) is 11.8. The Labute approximate surface area is 170 Å². The van der Waals surface area contributed by atoms with Gasteiger partial charge in [-0.05, 0) is 25.5 Å². The second kappa shape index (κ2) is 8.98. The number of amides is 2. The highest BCUT2D eigenvalue weighted by Crippen LogP contribution is 2.20. The van der Waals surface area contributed by atoms with Crippen LogP contribution in [0.1, 0.15) is 34.7 Å². The van der Waals surface area contributed by atoms with Gasteiger partial charge in [0, 0.05) is 24.2 Å². The zero-order valence-electron chi connectivity index (χ0n) is 15.7. The van der Waals surface area contributed by atoms with E-state index in [-0.39, 0.29) is 23.6 Å². The minimum absolute atomic E-state index is 0.161. The number of aryl methyl sites for hydroxylation is 1. The number of anilines is 1. The summed E-state index contributed by atoms with van der Waals surface area (Å²) < 4.78 is 1.78. The predicted octanol–water partition coefficient (Wildman–Crippen LogP) is 2.80. The molecule has 0 bridgehead atoms. The molecule has 0 saturated carbocycles. The predicted molar refractivity (Wildman–Crippen MR) is 110 cm³/mol. The first-order valence-corrected chi connectivity index (χ1v) is 10.4. The molecule has 10 heteroatoms. The third-order valence-electron chi connectivity index (χ3n) is 4.00. The number of carbonyl (C=O) groups is 2. The van der Waals surface area contributed by atoms with Gasteiger partial charge in [-0.25, -0.2) is 4.98 Å². The molecule has 0 saturated heterocycles. The number of aromatic nitrogens is 4. The minimum atomic E-state index is -0.330. The van der Waals surface area contributed by atoms with Gasteiger partial charge in [0.15, 0.2) is 16.1 Å². The fraction of sp³-hybridized carbons (Fsp3) is 0.278. The number of thiazole rings is 1. The van der Waals surface area contributed by atoms with Crippen LogP contribution >= 0.6 is 23.1 Å². The highest BCUT2D eigenvalue weighted by molar-refractivity contribution is 7.99. The molecule has 3 aromatic rings. The number of carbonyl (C=O) groups excluding carboxylic acids is 2. The van der Waals surface area contributed by atoms with Gasteiger partial charge in [-0.15, -0.1) is 21.5 Å². The van der Waals surface area contributed by atoms with Crippen LogP contribution in [0.2, 0.25) is 0 Å². The third-order valence-corrected chi connectivity index (χ3v) is 5.71. The fourth-order valence-corrected chi connectivity index (χ4v) is 3.83. The number of rotatable bonds is 7. The van der Waals surface area contributed by atoms with Crippen molar-refractivity contribution in [2.45, 2.75) is 25.0 Å². The molecule has 2 amide bonds. The summed E-state index contributed by atoms with van der Waals surface area (Å²) in [4.78, 5) is 28.5. The summed E-state index contributed by atoms with van der Waals surface area (Å²) in [6, 6.07) is 7.08. The van der Waals surface area contributed by atoms with E-state index in [2.05, 4.69) is 25.8 Å². The Morgan fingerprint density at radius 1 is 1.29 bits per heavy atom.